The molecule has 1 aromatic carbocycles. The summed E-state index contributed by atoms with van der Waals surface area (Å²) in [6.07, 6.45) is 3.22. The van der Waals surface area contributed by atoms with Gasteiger partial charge in [0.2, 0.25) is 5.91 Å². The smallest absolute Gasteiger partial charge is 0.333 e. The molecular formula is C17H19N3O3. The Kier molecular flexibility index (Phi) is 3.90. The van der Waals surface area contributed by atoms with Crippen molar-refractivity contribution in [3.8, 4) is 0 Å². The molecule has 0 saturated carbocycles. The van der Waals surface area contributed by atoms with Crippen LogP contribution in [0, 0.1) is 0 Å². The third-order valence-corrected chi connectivity index (χ3v) is 4.44. The van der Waals surface area contributed by atoms with Gasteiger partial charge in [-0.15, -0.1) is 0 Å². The third-order valence-electron chi connectivity index (χ3n) is 4.44. The van der Waals surface area contributed by atoms with Gasteiger partial charge in [0.05, 0.1) is 11.6 Å². The van der Waals surface area contributed by atoms with Crippen molar-refractivity contribution in [1.82, 2.24) is 15.1 Å². The second kappa shape index (κ2) is 5.87. The lowest BCUT2D eigenvalue weighted by Crippen LogP contribution is -2.51. The minimum atomic E-state index is -1.46. The lowest BCUT2D eigenvalue weighted by molar-refractivity contribution is -0.147. The number of carbonyl (C=O) groups is 2. The molecule has 2 atom stereocenters. The van der Waals surface area contributed by atoms with Crippen molar-refractivity contribution in [3.05, 3.63) is 53.9 Å². The summed E-state index contributed by atoms with van der Waals surface area (Å²) in [5, 5.41) is 16.6. The first-order valence-electron chi connectivity index (χ1n) is 7.65. The fourth-order valence-corrected chi connectivity index (χ4v) is 3.04. The summed E-state index contributed by atoms with van der Waals surface area (Å²) in [6.45, 7) is 2.31. The number of carboxylic acid groups (broad SMARTS) is 1. The zero-order valence-corrected chi connectivity index (χ0v) is 12.9. The van der Waals surface area contributed by atoms with E-state index < -0.39 is 11.5 Å². The molecule has 23 heavy (non-hydrogen) atoms. The van der Waals surface area contributed by atoms with Gasteiger partial charge in [0, 0.05) is 12.7 Å². The Morgan fingerprint density at radius 2 is 2.04 bits per heavy atom. The van der Waals surface area contributed by atoms with Crippen molar-refractivity contribution in [2.24, 2.45) is 0 Å². The number of hydrogen-bond acceptors (Lipinski definition) is 3. The van der Waals surface area contributed by atoms with Gasteiger partial charge in [0.25, 0.3) is 0 Å². The van der Waals surface area contributed by atoms with Crippen LogP contribution in [0.3, 0.4) is 0 Å². The van der Waals surface area contributed by atoms with Crippen LogP contribution >= 0.6 is 0 Å². The number of rotatable bonds is 4. The summed E-state index contributed by atoms with van der Waals surface area (Å²) >= 11 is 0. The van der Waals surface area contributed by atoms with Gasteiger partial charge in [0.1, 0.15) is 0 Å². The quantitative estimate of drug-likeness (QED) is 0.902. The molecule has 120 valence electrons. The molecular weight excluding hydrogens is 294 g/mol. The number of fused-ring (bicyclic) bond motifs is 1. The van der Waals surface area contributed by atoms with Crippen LogP contribution in [-0.4, -0.2) is 26.8 Å². The van der Waals surface area contributed by atoms with E-state index in [1.807, 2.05) is 16.8 Å². The molecule has 2 heterocycles. The molecule has 0 bridgehead atoms. The van der Waals surface area contributed by atoms with E-state index >= 15 is 0 Å². The lowest BCUT2D eigenvalue weighted by Gasteiger charge is -2.30. The SMILES string of the molecule is CC(NC(=O)C1CCCn2nccc21)(C(=O)O)c1ccccc1. The normalized spacial score (nSPS) is 19.4. The number of hydrogen-bond donors (Lipinski definition) is 2. The summed E-state index contributed by atoms with van der Waals surface area (Å²) in [4.78, 5) is 24.5. The molecule has 2 aromatic rings. The van der Waals surface area contributed by atoms with Gasteiger partial charge in [0.15, 0.2) is 5.54 Å². The number of amides is 1. The highest BCUT2D eigenvalue weighted by atomic mass is 16.4. The van der Waals surface area contributed by atoms with E-state index in [1.165, 1.54) is 6.92 Å². The molecule has 2 unspecified atom stereocenters. The first-order valence-corrected chi connectivity index (χ1v) is 7.65. The van der Waals surface area contributed by atoms with E-state index in [1.54, 1.807) is 30.5 Å². The Balaban J connectivity index is 1.88. The van der Waals surface area contributed by atoms with Crippen molar-refractivity contribution < 1.29 is 14.7 Å². The Hall–Kier alpha value is -2.63. The number of nitrogens with zero attached hydrogens (tertiary/aromatic N) is 2. The summed E-state index contributed by atoms with van der Waals surface area (Å²) in [5.41, 5.74) is -0.0691. The summed E-state index contributed by atoms with van der Waals surface area (Å²) in [6, 6.07) is 10.6. The summed E-state index contributed by atoms with van der Waals surface area (Å²) in [5.74, 6) is -1.73. The van der Waals surface area contributed by atoms with Crippen LogP contribution in [0.25, 0.3) is 0 Å². The topological polar surface area (TPSA) is 84.2 Å². The van der Waals surface area contributed by atoms with Crippen LogP contribution < -0.4 is 5.32 Å². The molecule has 0 radical (unpaired) electrons. The van der Waals surface area contributed by atoms with Gasteiger partial charge in [-0.05, 0) is 31.4 Å². The fraction of sp³-hybridized carbons (Fsp3) is 0.353. The zero-order valence-electron chi connectivity index (χ0n) is 12.9. The van der Waals surface area contributed by atoms with Crippen molar-refractivity contribution in [1.29, 1.82) is 0 Å². The number of benzene rings is 1. The lowest BCUT2D eigenvalue weighted by atomic mass is 9.89. The largest absolute Gasteiger partial charge is 0.479 e. The van der Waals surface area contributed by atoms with Gasteiger partial charge in [-0.2, -0.15) is 5.10 Å². The molecule has 1 aliphatic rings. The van der Waals surface area contributed by atoms with Crippen LogP contribution in [0.1, 0.15) is 36.9 Å². The molecule has 2 N–H and O–H groups in total. The molecule has 1 aromatic heterocycles. The van der Waals surface area contributed by atoms with Crippen LogP contribution in [0.15, 0.2) is 42.6 Å². The third kappa shape index (κ3) is 2.72. The Bertz CT molecular complexity index is 726. The Morgan fingerprint density at radius 3 is 2.74 bits per heavy atom. The summed E-state index contributed by atoms with van der Waals surface area (Å²) < 4.78 is 1.81. The zero-order chi connectivity index (χ0) is 16.4. The second-order valence-electron chi connectivity index (χ2n) is 5.96. The molecule has 6 heteroatoms. The number of aromatic nitrogens is 2. The van der Waals surface area contributed by atoms with Crippen molar-refractivity contribution >= 4 is 11.9 Å². The predicted molar refractivity (Wildman–Crippen MR) is 83.8 cm³/mol. The molecule has 0 spiro atoms. The monoisotopic (exact) mass is 313 g/mol. The standard InChI is InChI=1S/C17H19N3O3/c1-17(16(22)23,12-6-3-2-4-7-12)19-15(21)13-8-5-11-20-14(13)9-10-18-20/h2-4,6-7,9-10,13H,5,8,11H2,1H3,(H,19,21)(H,22,23). The number of aryl methyl sites for hydroxylation is 1. The van der Waals surface area contributed by atoms with Crippen molar-refractivity contribution in [2.75, 3.05) is 0 Å². The Labute approximate surface area is 134 Å². The first-order chi connectivity index (χ1) is 11.0. The van der Waals surface area contributed by atoms with Crippen LogP contribution in [0.5, 0.6) is 0 Å². The number of aliphatic carboxylic acids is 1. The van der Waals surface area contributed by atoms with Gasteiger partial charge in [-0.1, -0.05) is 30.3 Å². The van der Waals surface area contributed by atoms with Gasteiger partial charge in [-0.3, -0.25) is 9.48 Å². The van der Waals surface area contributed by atoms with E-state index in [4.69, 9.17) is 0 Å². The predicted octanol–water partition coefficient (Wildman–Crippen LogP) is 1.88. The number of carboxylic acids is 1. The maximum atomic E-state index is 12.7. The molecule has 0 saturated heterocycles. The van der Waals surface area contributed by atoms with Gasteiger partial charge < -0.3 is 10.4 Å². The minimum absolute atomic E-state index is 0.278. The van der Waals surface area contributed by atoms with E-state index in [0.717, 1.165) is 18.7 Å². The Morgan fingerprint density at radius 1 is 1.30 bits per heavy atom. The summed E-state index contributed by atoms with van der Waals surface area (Å²) in [7, 11) is 0. The van der Waals surface area contributed by atoms with Crippen LogP contribution in [0.2, 0.25) is 0 Å². The van der Waals surface area contributed by atoms with Crippen LogP contribution in [-0.2, 0) is 21.7 Å². The van der Waals surface area contributed by atoms with Gasteiger partial charge in [-0.25, -0.2) is 4.79 Å². The van der Waals surface area contributed by atoms with Crippen molar-refractivity contribution in [2.45, 2.75) is 37.8 Å². The van der Waals surface area contributed by atoms with E-state index in [-0.39, 0.29) is 11.8 Å². The minimum Gasteiger partial charge on any atom is -0.479 e. The maximum absolute atomic E-state index is 12.7. The van der Waals surface area contributed by atoms with Gasteiger partial charge >= 0.3 is 5.97 Å². The second-order valence-corrected chi connectivity index (χ2v) is 5.96. The van der Waals surface area contributed by atoms with Crippen molar-refractivity contribution in [3.63, 3.8) is 0 Å². The van der Waals surface area contributed by atoms with E-state index in [0.29, 0.717) is 12.0 Å². The average Bonchev–Trinajstić information content (AvgIpc) is 3.03. The number of nitrogens with one attached hydrogen (secondary N) is 1. The van der Waals surface area contributed by atoms with E-state index in [2.05, 4.69) is 10.4 Å². The molecule has 0 fully saturated rings. The average molecular weight is 313 g/mol. The van der Waals surface area contributed by atoms with E-state index in [9.17, 15) is 14.7 Å². The molecule has 6 nitrogen and oxygen atoms in total. The highest BCUT2D eigenvalue weighted by molar-refractivity contribution is 5.90. The highest BCUT2D eigenvalue weighted by Crippen LogP contribution is 2.29. The molecule has 0 aliphatic carbocycles. The molecule has 3 rings (SSSR count). The number of carbonyl (C=O) groups excluding carboxylic acids is 1. The fourth-order valence-electron chi connectivity index (χ4n) is 3.04. The first kappa shape index (κ1) is 15.3. The molecule has 1 aliphatic heterocycles. The maximum Gasteiger partial charge on any atom is 0.333 e. The van der Waals surface area contributed by atoms with Crippen LogP contribution in [0.4, 0.5) is 0 Å². The molecule has 1 amide bonds. The highest BCUT2D eigenvalue weighted by Gasteiger charge is 2.39.